The standard InChI is InChI=1S/C16H20O2/c1-5-6-14(17)15-9-13-12(10(2)3)8-7-11(4)16(13)18-15/h7-10H,5-6H2,1-4H3. The van der Waals surface area contributed by atoms with Gasteiger partial charge in [0.1, 0.15) is 5.58 Å². The predicted molar refractivity (Wildman–Crippen MR) is 74.3 cm³/mol. The molecule has 96 valence electrons. The predicted octanol–water partition coefficient (Wildman–Crippen LogP) is 4.85. The molecule has 0 saturated heterocycles. The molecule has 0 bridgehead atoms. The second-order valence-corrected chi connectivity index (χ2v) is 5.15. The third-order valence-corrected chi connectivity index (χ3v) is 3.29. The Morgan fingerprint density at radius 1 is 1.33 bits per heavy atom. The lowest BCUT2D eigenvalue weighted by molar-refractivity contribution is 0.0957. The molecule has 0 aliphatic rings. The summed E-state index contributed by atoms with van der Waals surface area (Å²) in [5, 5.41) is 1.09. The fourth-order valence-electron chi connectivity index (χ4n) is 2.27. The van der Waals surface area contributed by atoms with Gasteiger partial charge in [-0.05, 0) is 36.5 Å². The first-order chi connectivity index (χ1) is 8.54. The molecule has 0 amide bonds. The molecular weight excluding hydrogens is 224 g/mol. The molecule has 0 aliphatic carbocycles. The number of ketones is 1. The van der Waals surface area contributed by atoms with Crippen molar-refractivity contribution in [1.82, 2.24) is 0 Å². The number of fused-ring (bicyclic) bond motifs is 1. The van der Waals surface area contributed by atoms with E-state index in [4.69, 9.17) is 4.42 Å². The Morgan fingerprint density at radius 2 is 2.06 bits per heavy atom. The molecule has 0 spiro atoms. The van der Waals surface area contributed by atoms with Crippen LogP contribution < -0.4 is 0 Å². The summed E-state index contributed by atoms with van der Waals surface area (Å²) in [6, 6.07) is 6.11. The Morgan fingerprint density at radius 3 is 2.67 bits per heavy atom. The summed E-state index contributed by atoms with van der Waals surface area (Å²) in [6.45, 7) is 8.34. The molecule has 0 fully saturated rings. The Kier molecular flexibility index (Phi) is 3.55. The molecule has 0 unspecified atom stereocenters. The fraction of sp³-hybridized carbons (Fsp3) is 0.438. The molecule has 1 heterocycles. The van der Waals surface area contributed by atoms with Gasteiger partial charge in [0.2, 0.25) is 0 Å². The number of benzene rings is 1. The highest BCUT2D eigenvalue weighted by molar-refractivity contribution is 5.98. The summed E-state index contributed by atoms with van der Waals surface area (Å²) < 4.78 is 5.75. The van der Waals surface area contributed by atoms with Gasteiger partial charge in [-0.25, -0.2) is 0 Å². The Bertz CT molecular complexity index is 576. The van der Waals surface area contributed by atoms with Crippen molar-refractivity contribution in [3.8, 4) is 0 Å². The van der Waals surface area contributed by atoms with Gasteiger partial charge in [-0.2, -0.15) is 0 Å². The average molecular weight is 244 g/mol. The van der Waals surface area contributed by atoms with Crippen molar-refractivity contribution < 1.29 is 9.21 Å². The number of aryl methyl sites for hydroxylation is 1. The molecule has 0 radical (unpaired) electrons. The van der Waals surface area contributed by atoms with Gasteiger partial charge in [-0.3, -0.25) is 4.79 Å². The molecule has 0 N–H and O–H groups in total. The molecule has 18 heavy (non-hydrogen) atoms. The van der Waals surface area contributed by atoms with Crippen LogP contribution in [-0.4, -0.2) is 5.78 Å². The number of carbonyl (C=O) groups is 1. The number of hydrogen-bond acceptors (Lipinski definition) is 2. The van der Waals surface area contributed by atoms with Crippen molar-refractivity contribution in [2.45, 2.75) is 46.5 Å². The van der Waals surface area contributed by atoms with Crippen LogP contribution in [0.2, 0.25) is 0 Å². The quantitative estimate of drug-likeness (QED) is 0.720. The lowest BCUT2D eigenvalue weighted by Gasteiger charge is -2.07. The molecule has 0 saturated carbocycles. The maximum atomic E-state index is 11.9. The summed E-state index contributed by atoms with van der Waals surface area (Å²) in [5.74, 6) is 1.03. The number of Topliss-reactive ketones (excluding diaryl/α,β-unsaturated/α-hetero) is 1. The van der Waals surface area contributed by atoms with E-state index in [0.29, 0.717) is 18.1 Å². The van der Waals surface area contributed by atoms with Crippen LogP contribution in [0.5, 0.6) is 0 Å². The number of carbonyl (C=O) groups excluding carboxylic acids is 1. The molecule has 1 aromatic heterocycles. The van der Waals surface area contributed by atoms with Crippen LogP contribution >= 0.6 is 0 Å². The number of hydrogen-bond donors (Lipinski definition) is 0. The Hall–Kier alpha value is -1.57. The van der Waals surface area contributed by atoms with Gasteiger partial charge in [-0.15, -0.1) is 0 Å². The highest BCUT2D eigenvalue weighted by Crippen LogP contribution is 2.31. The number of furan rings is 1. The van der Waals surface area contributed by atoms with Crippen LogP contribution in [0.3, 0.4) is 0 Å². The monoisotopic (exact) mass is 244 g/mol. The largest absolute Gasteiger partial charge is 0.453 e. The van der Waals surface area contributed by atoms with Crippen molar-refractivity contribution >= 4 is 16.8 Å². The maximum absolute atomic E-state index is 11.9. The number of rotatable bonds is 4. The minimum Gasteiger partial charge on any atom is -0.453 e. The molecule has 1 aromatic carbocycles. The minimum absolute atomic E-state index is 0.0998. The van der Waals surface area contributed by atoms with E-state index >= 15 is 0 Å². The molecular formula is C16H20O2. The van der Waals surface area contributed by atoms with Gasteiger partial charge in [-0.1, -0.05) is 32.9 Å². The van der Waals surface area contributed by atoms with Gasteiger partial charge in [0.05, 0.1) is 0 Å². The summed E-state index contributed by atoms with van der Waals surface area (Å²) in [4.78, 5) is 11.9. The third kappa shape index (κ3) is 2.20. The topological polar surface area (TPSA) is 30.2 Å². The molecule has 0 aliphatic heterocycles. The van der Waals surface area contributed by atoms with Crippen LogP contribution in [0, 0.1) is 6.92 Å². The fourth-order valence-corrected chi connectivity index (χ4v) is 2.27. The Balaban J connectivity index is 2.59. The summed E-state index contributed by atoms with van der Waals surface area (Å²) in [6.07, 6.45) is 1.40. The van der Waals surface area contributed by atoms with E-state index in [1.54, 1.807) is 0 Å². The van der Waals surface area contributed by atoms with Crippen molar-refractivity contribution in [2.24, 2.45) is 0 Å². The van der Waals surface area contributed by atoms with Gasteiger partial charge in [0.15, 0.2) is 11.5 Å². The SMILES string of the molecule is CCCC(=O)c1cc2c(C(C)C)ccc(C)c2o1. The van der Waals surface area contributed by atoms with Crippen molar-refractivity contribution in [3.63, 3.8) is 0 Å². The lowest BCUT2D eigenvalue weighted by atomic mass is 9.97. The zero-order valence-electron chi connectivity index (χ0n) is 11.5. The maximum Gasteiger partial charge on any atom is 0.198 e. The van der Waals surface area contributed by atoms with E-state index in [1.165, 1.54) is 5.56 Å². The van der Waals surface area contributed by atoms with Crippen molar-refractivity contribution in [1.29, 1.82) is 0 Å². The normalized spacial score (nSPS) is 11.4. The third-order valence-electron chi connectivity index (χ3n) is 3.29. The lowest BCUT2D eigenvalue weighted by Crippen LogP contribution is -1.94. The zero-order chi connectivity index (χ0) is 13.3. The van der Waals surface area contributed by atoms with Crippen molar-refractivity contribution in [3.05, 3.63) is 35.1 Å². The van der Waals surface area contributed by atoms with Crippen LogP contribution in [0.1, 0.15) is 61.2 Å². The molecule has 2 nitrogen and oxygen atoms in total. The van der Waals surface area contributed by atoms with E-state index in [1.807, 2.05) is 19.9 Å². The highest BCUT2D eigenvalue weighted by atomic mass is 16.3. The van der Waals surface area contributed by atoms with Gasteiger partial charge >= 0.3 is 0 Å². The minimum atomic E-state index is 0.0998. The van der Waals surface area contributed by atoms with E-state index in [-0.39, 0.29) is 5.78 Å². The first kappa shape index (κ1) is 12.9. The smallest absolute Gasteiger partial charge is 0.198 e. The van der Waals surface area contributed by atoms with E-state index < -0.39 is 0 Å². The van der Waals surface area contributed by atoms with Gasteiger partial charge < -0.3 is 4.42 Å². The molecule has 2 heteroatoms. The molecule has 2 aromatic rings. The second kappa shape index (κ2) is 4.97. The van der Waals surface area contributed by atoms with Crippen LogP contribution in [0.25, 0.3) is 11.0 Å². The zero-order valence-corrected chi connectivity index (χ0v) is 11.5. The molecule has 0 atom stereocenters. The second-order valence-electron chi connectivity index (χ2n) is 5.15. The van der Waals surface area contributed by atoms with E-state index in [2.05, 4.69) is 26.0 Å². The van der Waals surface area contributed by atoms with Crippen LogP contribution in [-0.2, 0) is 0 Å². The summed E-state index contributed by atoms with van der Waals surface area (Å²) in [5.41, 5.74) is 3.19. The van der Waals surface area contributed by atoms with E-state index in [0.717, 1.165) is 23.0 Å². The molecule has 2 rings (SSSR count). The van der Waals surface area contributed by atoms with Gasteiger partial charge in [0, 0.05) is 11.8 Å². The van der Waals surface area contributed by atoms with Crippen LogP contribution in [0.4, 0.5) is 0 Å². The summed E-state index contributed by atoms with van der Waals surface area (Å²) >= 11 is 0. The van der Waals surface area contributed by atoms with E-state index in [9.17, 15) is 4.79 Å². The van der Waals surface area contributed by atoms with Gasteiger partial charge in [0.25, 0.3) is 0 Å². The first-order valence-electron chi connectivity index (χ1n) is 6.60. The first-order valence-corrected chi connectivity index (χ1v) is 6.60. The van der Waals surface area contributed by atoms with Crippen molar-refractivity contribution in [2.75, 3.05) is 0 Å². The highest BCUT2D eigenvalue weighted by Gasteiger charge is 2.16. The average Bonchev–Trinajstić information content (AvgIpc) is 2.75. The van der Waals surface area contributed by atoms with Crippen LogP contribution in [0.15, 0.2) is 22.6 Å². The summed E-state index contributed by atoms with van der Waals surface area (Å²) in [7, 11) is 0. The Labute approximate surface area is 108 Å².